The van der Waals surface area contributed by atoms with Crippen molar-refractivity contribution in [1.82, 2.24) is 5.32 Å². The number of halogens is 1. The molecule has 2 rings (SSSR count). The summed E-state index contributed by atoms with van der Waals surface area (Å²) in [6.07, 6.45) is 4.23. The Bertz CT molecular complexity index is 461. The van der Waals surface area contributed by atoms with Crippen LogP contribution in [0.4, 0.5) is 0 Å². The van der Waals surface area contributed by atoms with Crippen molar-refractivity contribution < 1.29 is 9.90 Å². The number of aryl methyl sites for hydroxylation is 1. The minimum Gasteiger partial charge on any atom is -0.396 e. The molecule has 1 aromatic rings. The Kier molecular flexibility index (Phi) is 4.99. The minimum atomic E-state index is -0.0378. The topological polar surface area (TPSA) is 49.3 Å². The molecule has 2 N–H and O–H groups in total. The van der Waals surface area contributed by atoms with E-state index in [-0.39, 0.29) is 24.5 Å². The molecule has 1 fully saturated rings. The van der Waals surface area contributed by atoms with Crippen molar-refractivity contribution in [3.05, 3.63) is 33.8 Å². The maximum atomic E-state index is 12.3. The molecule has 1 amide bonds. The Balaban J connectivity index is 2.09. The number of amides is 1. The Morgan fingerprint density at radius 1 is 1.42 bits per heavy atom. The molecule has 0 aliphatic heterocycles. The van der Waals surface area contributed by atoms with Gasteiger partial charge in [0.2, 0.25) is 0 Å². The van der Waals surface area contributed by atoms with E-state index in [4.69, 9.17) is 0 Å². The second-order valence-corrected chi connectivity index (χ2v) is 6.18. The third-order valence-corrected chi connectivity index (χ3v) is 4.40. The van der Waals surface area contributed by atoms with Crippen LogP contribution in [-0.4, -0.2) is 23.7 Å². The maximum Gasteiger partial charge on any atom is 0.251 e. The summed E-state index contributed by atoms with van der Waals surface area (Å²) >= 11 is 3.40. The van der Waals surface area contributed by atoms with Crippen molar-refractivity contribution in [3.63, 3.8) is 0 Å². The van der Waals surface area contributed by atoms with Crippen molar-refractivity contribution in [3.8, 4) is 0 Å². The van der Waals surface area contributed by atoms with Gasteiger partial charge < -0.3 is 10.4 Å². The van der Waals surface area contributed by atoms with E-state index in [1.807, 2.05) is 25.1 Å². The van der Waals surface area contributed by atoms with Gasteiger partial charge in [0.15, 0.2) is 0 Å². The molecular formula is C15H20BrNO2. The van der Waals surface area contributed by atoms with Gasteiger partial charge in [-0.1, -0.05) is 34.8 Å². The lowest BCUT2D eigenvalue weighted by Gasteiger charge is -2.31. The Morgan fingerprint density at radius 2 is 2.16 bits per heavy atom. The fraction of sp³-hybridized carbons (Fsp3) is 0.533. The third kappa shape index (κ3) is 3.57. The van der Waals surface area contributed by atoms with E-state index < -0.39 is 0 Å². The van der Waals surface area contributed by atoms with Crippen LogP contribution in [0, 0.1) is 12.8 Å². The van der Waals surface area contributed by atoms with Gasteiger partial charge in [0.1, 0.15) is 0 Å². The second-order valence-electron chi connectivity index (χ2n) is 5.27. The van der Waals surface area contributed by atoms with Crippen molar-refractivity contribution in [2.24, 2.45) is 5.92 Å². The van der Waals surface area contributed by atoms with Gasteiger partial charge in [-0.15, -0.1) is 0 Å². The summed E-state index contributed by atoms with van der Waals surface area (Å²) in [5, 5.41) is 12.5. The first-order chi connectivity index (χ1) is 9.11. The molecule has 1 aliphatic carbocycles. The van der Waals surface area contributed by atoms with Crippen molar-refractivity contribution >= 4 is 21.8 Å². The zero-order chi connectivity index (χ0) is 13.8. The van der Waals surface area contributed by atoms with Crippen LogP contribution < -0.4 is 5.32 Å². The number of benzene rings is 1. The fourth-order valence-electron chi connectivity index (χ4n) is 2.70. The second kappa shape index (κ2) is 6.53. The number of rotatable bonds is 3. The maximum absolute atomic E-state index is 12.3. The highest BCUT2D eigenvalue weighted by atomic mass is 79.9. The molecule has 0 radical (unpaired) electrons. The Labute approximate surface area is 122 Å². The molecule has 0 heterocycles. The Morgan fingerprint density at radius 3 is 2.89 bits per heavy atom. The predicted octanol–water partition coefficient (Wildman–Crippen LogP) is 3.04. The number of nitrogens with one attached hydrogen (secondary N) is 1. The van der Waals surface area contributed by atoms with Gasteiger partial charge in [0.25, 0.3) is 5.91 Å². The van der Waals surface area contributed by atoms with Gasteiger partial charge >= 0.3 is 0 Å². The number of aliphatic hydroxyl groups is 1. The quantitative estimate of drug-likeness (QED) is 0.897. The summed E-state index contributed by atoms with van der Waals surface area (Å²) in [5.41, 5.74) is 1.67. The standard InChI is InChI=1S/C15H20BrNO2/c1-10-6-7-12(16)8-13(10)15(19)17-14-5-3-2-4-11(14)9-18/h6-8,11,14,18H,2-5,9H2,1H3,(H,17,19). The Hall–Kier alpha value is -0.870. The van der Waals surface area contributed by atoms with Gasteiger partial charge in [-0.05, 0) is 37.5 Å². The van der Waals surface area contributed by atoms with E-state index >= 15 is 0 Å². The normalized spacial score (nSPS) is 23.1. The summed E-state index contributed by atoms with van der Waals surface area (Å²) in [6.45, 7) is 2.09. The number of aliphatic hydroxyl groups excluding tert-OH is 1. The van der Waals surface area contributed by atoms with E-state index in [0.29, 0.717) is 5.56 Å². The van der Waals surface area contributed by atoms with E-state index in [1.54, 1.807) is 0 Å². The van der Waals surface area contributed by atoms with E-state index in [9.17, 15) is 9.90 Å². The zero-order valence-corrected chi connectivity index (χ0v) is 12.7. The van der Waals surface area contributed by atoms with Crippen molar-refractivity contribution in [1.29, 1.82) is 0 Å². The molecular weight excluding hydrogens is 306 g/mol. The number of hydrogen-bond donors (Lipinski definition) is 2. The molecule has 1 aliphatic rings. The number of carbonyl (C=O) groups excluding carboxylic acids is 1. The average molecular weight is 326 g/mol. The molecule has 0 aromatic heterocycles. The van der Waals surface area contributed by atoms with Crippen LogP contribution in [-0.2, 0) is 0 Å². The summed E-state index contributed by atoms with van der Waals surface area (Å²) < 4.78 is 0.908. The molecule has 3 nitrogen and oxygen atoms in total. The molecule has 2 unspecified atom stereocenters. The molecule has 2 atom stereocenters. The minimum absolute atomic E-state index is 0.0378. The summed E-state index contributed by atoms with van der Waals surface area (Å²) in [4.78, 5) is 12.3. The van der Waals surface area contributed by atoms with Crippen LogP contribution in [0.15, 0.2) is 22.7 Å². The molecule has 1 saturated carbocycles. The smallest absolute Gasteiger partial charge is 0.251 e. The number of hydrogen-bond acceptors (Lipinski definition) is 2. The van der Waals surface area contributed by atoms with Crippen LogP contribution in [0.2, 0.25) is 0 Å². The van der Waals surface area contributed by atoms with Gasteiger partial charge in [-0.2, -0.15) is 0 Å². The first kappa shape index (κ1) is 14.5. The highest BCUT2D eigenvalue weighted by molar-refractivity contribution is 9.10. The van der Waals surface area contributed by atoms with Gasteiger partial charge in [-0.25, -0.2) is 0 Å². The largest absolute Gasteiger partial charge is 0.396 e. The summed E-state index contributed by atoms with van der Waals surface area (Å²) in [6, 6.07) is 5.82. The molecule has 4 heteroatoms. The van der Waals surface area contributed by atoms with E-state index in [1.165, 1.54) is 0 Å². The van der Waals surface area contributed by atoms with Gasteiger partial charge in [-0.3, -0.25) is 4.79 Å². The fourth-order valence-corrected chi connectivity index (χ4v) is 3.06. The average Bonchev–Trinajstić information content (AvgIpc) is 2.42. The molecule has 0 bridgehead atoms. The highest BCUT2D eigenvalue weighted by Gasteiger charge is 2.26. The third-order valence-electron chi connectivity index (χ3n) is 3.90. The van der Waals surface area contributed by atoms with Gasteiger partial charge in [0, 0.05) is 28.6 Å². The van der Waals surface area contributed by atoms with Crippen LogP contribution in [0.1, 0.15) is 41.6 Å². The lowest BCUT2D eigenvalue weighted by atomic mass is 9.85. The van der Waals surface area contributed by atoms with E-state index in [2.05, 4.69) is 21.2 Å². The first-order valence-corrected chi connectivity index (χ1v) is 7.59. The van der Waals surface area contributed by atoms with Crippen molar-refractivity contribution in [2.75, 3.05) is 6.61 Å². The van der Waals surface area contributed by atoms with Crippen LogP contribution >= 0.6 is 15.9 Å². The van der Waals surface area contributed by atoms with Gasteiger partial charge in [0.05, 0.1) is 0 Å². The highest BCUT2D eigenvalue weighted by Crippen LogP contribution is 2.25. The molecule has 1 aromatic carbocycles. The van der Waals surface area contributed by atoms with Crippen LogP contribution in [0.5, 0.6) is 0 Å². The van der Waals surface area contributed by atoms with Crippen molar-refractivity contribution in [2.45, 2.75) is 38.6 Å². The number of carbonyl (C=O) groups is 1. The SMILES string of the molecule is Cc1ccc(Br)cc1C(=O)NC1CCCCC1CO. The van der Waals surface area contributed by atoms with E-state index in [0.717, 1.165) is 35.7 Å². The van der Waals surface area contributed by atoms with Crippen LogP contribution in [0.3, 0.4) is 0 Å². The molecule has 104 valence electrons. The zero-order valence-electron chi connectivity index (χ0n) is 11.2. The summed E-state index contributed by atoms with van der Waals surface area (Å²) in [5.74, 6) is 0.161. The summed E-state index contributed by atoms with van der Waals surface area (Å²) in [7, 11) is 0. The monoisotopic (exact) mass is 325 g/mol. The molecule has 0 spiro atoms. The lowest BCUT2D eigenvalue weighted by molar-refractivity contribution is 0.0872. The molecule has 19 heavy (non-hydrogen) atoms. The first-order valence-electron chi connectivity index (χ1n) is 6.79. The van der Waals surface area contributed by atoms with Crippen LogP contribution in [0.25, 0.3) is 0 Å². The predicted molar refractivity (Wildman–Crippen MR) is 79.2 cm³/mol. The molecule has 0 saturated heterocycles. The lowest BCUT2D eigenvalue weighted by Crippen LogP contribution is -2.43.